The Balaban J connectivity index is 2.56. The van der Waals surface area contributed by atoms with E-state index < -0.39 is 18.2 Å². The van der Waals surface area contributed by atoms with E-state index in [-0.39, 0.29) is 6.61 Å². The molecule has 0 fully saturated rings. The van der Waals surface area contributed by atoms with Crippen LogP contribution in [0.2, 0.25) is 5.02 Å². The molecule has 0 aromatic heterocycles. The van der Waals surface area contributed by atoms with Gasteiger partial charge in [0.2, 0.25) is 0 Å². The summed E-state index contributed by atoms with van der Waals surface area (Å²) in [6.07, 6.45) is -4.35. The molecule has 1 rings (SSSR count). The first-order chi connectivity index (χ1) is 8.33. The monoisotopic (exact) mass is 302 g/mol. The average molecular weight is 303 g/mol. The van der Waals surface area contributed by atoms with Crippen LogP contribution in [0.5, 0.6) is 5.75 Å². The van der Waals surface area contributed by atoms with Crippen LogP contribution in [-0.2, 0) is 4.74 Å². The molecule has 0 saturated carbocycles. The van der Waals surface area contributed by atoms with E-state index in [2.05, 4.69) is 4.74 Å². The number of halogens is 5. The van der Waals surface area contributed by atoms with Crippen LogP contribution < -0.4 is 4.74 Å². The summed E-state index contributed by atoms with van der Waals surface area (Å²) >= 11 is 11.8. The van der Waals surface area contributed by atoms with Gasteiger partial charge in [0.25, 0.3) is 0 Å². The van der Waals surface area contributed by atoms with Crippen molar-refractivity contribution in [3.63, 3.8) is 0 Å². The second-order valence-electron chi connectivity index (χ2n) is 3.49. The third kappa shape index (κ3) is 4.92. The number of methoxy groups -OCH3 is 1. The van der Waals surface area contributed by atoms with E-state index in [1.54, 1.807) is 12.1 Å². The highest BCUT2D eigenvalue weighted by Crippen LogP contribution is 2.30. The Morgan fingerprint density at radius 3 is 2.50 bits per heavy atom. The summed E-state index contributed by atoms with van der Waals surface area (Å²) in [5.41, 5.74) is 0.574. The van der Waals surface area contributed by atoms with E-state index in [0.29, 0.717) is 16.3 Å². The Hall–Kier alpha value is -0.650. The fourth-order valence-corrected chi connectivity index (χ4v) is 1.74. The van der Waals surface area contributed by atoms with Crippen molar-refractivity contribution < 1.29 is 22.6 Å². The zero-order valence-corrected chi connectivity index (χ0v) is 10.9. The molecule has 0 N–H and O–H groups in total. The molecule has 0 aliphatic rings. The second-order valence-corrected chi connectivity index (χ2v) is 4.43. The number of alkyl halides is 4. The van der Waals surface area contributed by atoms with E-state index in [9.17, 15) is 13.2 Å². The lowest BCUT2D eigenvalue weighted by atomic mass is 10.1. The predicted octanol–water partition coefficient (Wildman–Crippen LogP) is 4.21. The maximum absolute atomic E-state index is 11.9. The van der Waals surface area contributed by atoms with Crippen molar-refractivity contribution in [3.05, 3.63) is 28.8 Å². The highest BCUT2D eigenvalue weighted by molar-refractivity contribution is 6.32. The zero-order valence-electron chi connectivity index (χ0n) is 9.43. The van der Waals surface area contributed by atoms with Crippen LogP contribution in [0.4, 0.5) is 13.2 Å². The first kappa shape index (κ1) is 15.4. The SMILES string of the molecule is COc1ccc(C(Cl)COCC(F)(F)F)cc1Cl. The molecule has 102 valence electrons. The van der Waals surface area contributed by atoms with E-state index in [4.69, 9.17) is 27.9 Å². The average Bonchev–Trinajstić information content (AvgIpc) is 2.27. The minimum absolute atomic E-state index is 0.246. The van der Waals surface area contributed by atoms with Crippen LogP contribution in [-0.4, -0.2) is 26.5 Å². The highest BCUT2D eigenvalue weighted by Gasteiger charge is 2.27. The molecular formula is C11H11Cl2F3O2. The lowest BCUT2D eigenvalue weighted by Gasteiger charge is -2.13. The van der Waals surface area contributed by atoms with Crippen molar-refractivity contribution in [2.45, 2.75) is 11.6 Å². The van der Waals surface area contributed by atoms with Crippen LogP contribution in [0.15, 0.2) is 18.2 Å². The molecule has 1 unspecified atom stereocenters. The molecule has 0 aliphatic heterocycles. The fourth-order valence-electron chi connectivity index (χ4n) is 1.25. The molecule has 0 aliphatic carbocycles. The highest BCUT2D eigenvalue weighted by atomic mass is 35.5. The Bertz CT molecular complexity index is 396. The van der Waals surface area contributed by atoms with Gasteiger partial charge >= 0.3 is 6.18 Å². The number of ether oxygens (including phenoxy) is 2. The van der Waals surface area contributed by atoms with Crippen molar-refractivity contribution in [2.75, 3.05) is 20.3 Å². The van der Waals surface area contributed by atoms with Gasteiger partial charge in [-0.25, -0.2) is 0 Å². The van der Waals surface area contributed by atoms with Gasteiger partial charge in [0.05, 0.1) is 24.1 Å². The van der Waals surface area contributed by atoms with Gasteiger partial charge in [0, 0.05) is 0 Å². The Morgan fingerprint density at radius 1 is 1.33 bits per heavy atom. The molecule has 0 saturated heterocycles. The maximum Gasteiger partial charge on any atom is 0.411 e. The predicted molar refractivity (Wildman–Crippen MR) is 63.5 cm³/mol. The van der Waals surface area contributed by atoms with Gasteiger partial charge < -0.3 is 9.47 Å². The van der Waals surface area contributed by atoms with E-state index in [1.165, 1.54) is 13.2 Å². The smallest absolute Gasteiger partial charge is 0.411 e. The number of benzene rings is 1. The zero-order chi connectivity index (χ0) is 13.8. The first-order valence-corrected chi connectivity index (χ1v) is 5.77. The molecule has 0 radical (unpaired) electrons. The summed E-state index contributed by atoms with van der Waals surface area (Å²) in [6, 6.07) is 4.76. The molecule has 0 amide bonds. The summed E-state index contributed by atoms with van der Waals surface area (Å²) in [5.74, 6) is 0.473. The maximum atomic E-state index is 11.9. The normalized spacial score (nSPS) is 13.4. The third-order valence-corrected chi connectivity index (χ3v) is 2.74. The standard InChI is InChI=1S/C11H11Cl2F3O2/c1-17-10-3-2-7(4-8(10)12)9(13)5-18-6-11(14,15)16/h2-4,9H,5-6H2,1H3. The lowest BCUT2D eigenvalue weighted by Crippen LogP contribution is -2.18. The molecule has 18 heavy (non-hydrogen) atoms. The minimum Gasteiger partial charge on any atom is -0.495 e. The first-order valence-electron chi connectivity index (χ1n) is 4.95. The Kier molecular flexibility index (Phi) is 5.56. The van der Waals surface area contributed by atoms with Crippen molar-refractivity contribution in [1.82, 2.24) is 0 Å². The van der Waals surface area contributed by atoms with Crippen LogP contribution in [0.1, 0.15) is 10.9 Å². The molecule has 1 aromatic carbocycles. The van der Waals surface area contributed by atoms with Gasteiger partial charge in [0.1, 0.15) is 12.4 Å². The summed E-state index contributed by atoms with van der Waals surface area (Å²) in [6.45, 7) is -1.57. The summed E-state index contributed by atoms with van der Waals surface area (Å²) in [5, 5.41) is -0.354. The molecule has 0 bridgehead atoms. The lowest BCUT2D eigenvalue weighted by molar-refractivity contribution is -0.173. The number of rotatable bonds is 5. The molecule has 1 atom stereocenters. The van der Waals surface area contributed by atoms with Crippen molar-refractivity contribution in [1.29, 1.82) is 0 Å². The molecule has 2 nitrogen and oxygen atoms in total. The van der Waals surface area contributed by atoms with Crippen molar-refractivity contribution >= 4 is 23.2 Å². The van der Waals surface area contributed by atoms with Gasteiger partial charge in [-0.3, -0.25) is 0 Å². The third-order valence-electron chi connectivity index (χ3n) is 2.07. The van der Waals surface area contributed by atoms with Crippen LogP contribution in [0.25, 0.3) is 0 Å². The van der Waals surface area contributed by atoms with E-state index in [1.807, 2.05) is 0 Å². The summed E-state index contributed by atoms with van der Waals surface area (Å²) in [4.78, 5) is 0. The molecule has 0 spiro atoms. The summed E-state index contributed by atoms with van der Waals surface area (Å²) in [7, 11) is 1.46. The molecule has 0 heterocycles. The summed E-state index contributed by atoms with van der Waals surface area (Å²) < 4.78 is 45.0. The fraction of sp³-hybridized carbons (Fsp3) is 0.455. The van der Waals surface area contributed by atoms with Gasteiger partial charge in [-0.05, 0) is 17.7 Å². The Labute approximate surface area is 113 Å². The van der Waals surface area contributed by atoms with Gasteiger partial charge in [0.15, 0.2) is 0 Å². The number of hydrogen-bond donors (Lipinski definition) is 0. The van der Waals surface area contributed by atoms with E-state index >= 15 is 0 Å². The van der Waals surface area contributed by atoms with Crippen molar-refractivity contribution in [2.24, 2.45) is 0 Å². The quantitative estimate of drug-likeness (QED) is 0.759. The Morgan fingerprint density at radius 2 is 2.00 bits per heavy atom. The molecule has 7 heteroatoms. The van der Waals surface area contributed by atoms with Crippen LogP contribution >= 0.6 is 23.2 Å². The van der Waals surface area contributed by atoms with Crippen LogP contribution in [0.3, 0.4) is 0 Å². The van der Waals surface area contributed by atoms with Gasteiger partial charge in [-0.15, -0.1) is 11.6 Å². The van der Waals surface area contributed by atoms with Crippen LogP contribution in [0, 0.1) is 0 Å². The number of hydrogen-bond acceptors (Lipinski definition) is 2. The van der Waals surface area contributed by atoms with Gasteiger partial charge in [-0.1, -0.05) is 17.7 Å². The van der Waals surface area contributed by atoms with Gasteiger partial charge in [-0.2, -0.15) is 13.2 Å². The minimum atomic E-state index is -4.35. The van der Waals surface area contributed by atoms with Crippen molar-refractivity contribution in [3.8, 4) is 5.75 Å². The topological polar surface area (TPSA) is 18.5 Å². The second kappa shape index (κ2) is 6.50. The largest absolute Gasteiger partial charge is 0.495 e. The molecule has 1 aromatic rings. The molecular weight excluding hydrogens is 292 g/mol. The van der Waals surface area contributed by atoms with E-state index in [0.717, 1.165) is 0 Å².